The molecule has 1 heterocycles. The van der Waals surface area contributed by atoms with Crippen molar-refractivity contribution in [2.24, 2.45) is 5.41 Å². The minimum Gasteiger partial charge on any atom is -0.381 e. The average molecular weight is 271 g/mol. The highest BCUT2D eigenvalue weighted by molar-refractivity contribution is 4.86. The Morgan fingerprint density at radius 2 is 1.84 bits per heavy atom. The maximum atomic E-state index is 5.77. The molecule has 0 aliphatic carbocycles. The largest absolute Gasteiger partial charge is 0.381 e. The van der Waals surface area contributed by atoms with Crippen molar-refractivity contribution < 1.29 is 9.47 Å². The van der Waals surface area contributed by atoms with Gasteiger partial charge in [-0.2, -0.15) is 0 Å². The third kappa shape index (κ3) is 7.28. The number of unbranched alkanes of at least 4 members (excludes halogenated alkanes) is 1. The SMILES string of the molecule is CCCCOCCC1(CNC(C)(C)C)CCOCC1. The lowest BCUT2D eigenvalue weighted by atomic mass is 9.77. The Hall–Kier alpha value is -0.120. The number of rotatable bonds is 8. The first-order chi connectivity index (χ1) is 8.97. The summed E-state index contributed by atoms with van der Waals surface area (Å²) in [5.41, 5.74) is 0.562. The molecule has 0 radical (unpaired) electrons. The van der Waals surface area contributed by atoms with Gasteiger partial charge in [-0.05, 0) is 51.9 Å². The fourth-order valence-electron chi connectivity index (χ4n) is 2.41. The standard InChI is InChI=1S/C16H33NO2/c1-5-6-10-18-11-7-16(8-12-19-13-9-16)14-17-15(2,3)4/h17H,5-14H2,1-4H3. The second kappa shape index (κ2) is 8.23. The second-order valence-electron chi connectivity index (χ2n) is 6.93. The van der Waals surface area contributed by atoms with E-state index in [0.717, 1.165) is 52.2 Å². The van der Waals surface area contributed by atoms with Crippen molar-refractivity contribution in [3.05, 3.63) is 0 Å². The molecule has 1 aliphatic rings. The van der Waals surface area contributed by atoms with E-state index in [1.165, 1.54) is 12.8 Å². The van der Waals surface area contributed by atoms with E-state index in [2.05, 4.69) is 33.0 Å². The maximum Gasteiger partial charge on any atom is 0.0471 e. The van der Waals surface area contributed by atoms with Gasteiger partial charge >= 0.3 is 0 Å². The fourth-order valence-corrected chi connectivity index (χ4v) is 2.41. The summed E-state index contributed by atoms with van der Waals surface area (Å²) in [5, 5.41) is 3.67. The maximum absolute atomic E-state index is 5.77. The first kappa shape index (κ1) is 16.9. The molecule has 0 aromatic rings. The van der Waals surface area contributed by atoms with E-state index in [1.807, 2.05) is 0 Å². The van der Waals surface area contributed by atoms with Gasteiger partial charge in [0.05, 0.1) is 0 Å². The lowest BCUT2D eigenvalue weighted by Gasteiger charge is -2.39. The highest BCUT2D eigenvalue weighted by atomic mass is 16.5. The number of hydrogen-bond donors (Lipinski definition) is 1. The number of ether oxygens (including phenoxy) is 2. The van der Waals surface area contributed by atoms with Crippen molar-refractivity contribution in [3.8, 4) is 0 Å². The van der Waals surface area contributed by atoms with Crippen LogP contribution in [0.25, 0.3) is 0 Å². The van der Waals surface area contributed by atoms with E-state index < -0.39 is 0 Å². The van der Waals surface area contributed by atoms with Crippen molar-refractivity contribution >= 4 is 0 Å². The average Bonchev–Trinajstić information content (AvgIpc) is 2.37. The van der Waals surface area contributed by atoms with Crippen molar-refractivity contribution in [3.63, 3.8) is 0 Å². The van der Waals surface area contributed by atoms with E-state index >= 15 is 0 Å². The first-order valence-electron chi connectivity index (χ1n) is 7.88. The van der Waals surface area contributed by atoms with Crippen LogP contribution in [0.4, 0.5) is 0 Å². The molecule has 114 valence electrons. The van der Waals surface area contributed by atoms with Crippen LogP contribution >= 0.6 is 0 Å². The lowest BCUT2D eigenvalue weighted by molar-refractivity contribution is -0.00897. The molecular formula is C16H33NO2. The summed E-state index contributed by atoms with van der Waals surface area (Å²) >= 11 is 0. The molecule has 1 saturated heterocycles. The van der Waals surface area contributed by atoms with Gasteiger partial charge in [-0.25, -0.2) is 0 Å². The van der Waals surface area contributed by atoms with E-state index in [1.54, 1.807) is 0 Å². The number of hydrogen-bond acceptors (Lipinski definition) is 3. The van der Waals surface area contributed by atoms with Crippen molar-refractivity contribution in [1.82, 2.24) is 5.32 Å². The molecule has 1 fully saturated rings. The molecule has 0 aromatic carbocycles. The molecule has 1 aliphatic heterocycles. The molecule has 3 heteroatoms. The van der Waals surface area contributed by atoms with Gasteiger partial charge in [-0.3, -0.25) is 0 Å². The molecule has 0 amide bonds. The van der Waals surface area contributed by atoms with Crippen molar-refractivity contribution in [2.75, 3.05) is 33.0 Å². The predicted octanol–water partition coefficient (Wildman–Crippen LogP) is 3.38. The fraction of sp³-hybridized carbons (Fsp3) is 1.00. The summed E-state index contributed by atoms with van der Waals surface area (Å²) in [4.78, 5) is 0. The van der Waals surface area contributed by atoms with Crippen molar-refractivity contribution in [1.29, 1.82) is 0 Å². The summed E-state index contributed by atoms with van der Waals surface area (Å²) < 4.78 is 11.3. The normalized spacial score (nSPS) is 19.6. The molecule has 1 N–H and O–H groups in total. The molecule has 0 bridgehead atoms. The van der Waals surface area contributed by atoms with Crippen LogP contribution in [0.1, 0.15) is 59.8 Å². The van der Waals surface area contributed by atoms with Gasteiger partial charge in [0.15, 0.2) is 0 Å². The van der Waals surface area contributed by atoms with Crippen LogP contribution in [0.2, 0.25) is 0 Å². The summed E-state index contributed by atoms with van der Waals surface area (Å²) in [6.07, 6.45) is 5.87. The van der Waals surface area contributed by atoms with Gasteiger partial charge in [-0.1, -0.05) is 13.3 Å². The molecule has 0 atom stereocenters. The minimum absolute atomic E-state index is 0.189. The molecule has 19 heavy (non-hydrogen) atoms. The van der Waals surface area contributed by atoms with Crippen LogP contribution in [-0.2, 0) is 9.47 Å². The Kier molecular flexibility index (Phi) is 7.33. The van der Waals surface area contributed by atoms with Gasteiger partial charge in [0.2, 0.25) is 0 Å². The summed E-state index contributed by atoms with van der Waals surface area (Å²) in [7, 11) is 0. The van der Waals surface area contributed by atoms with Crippen LogP contribution in [-0.4, -0.2) is 38.5 Å². The topological polar surface area (TPSA) is 30.5 Å². The van der Waals surface area contributed by atoms with Gasteiger partial charge in [0, 0.05) is 38.5 Å². The van der Waals surface area contributed by atoms with E-state index in [0.29, 0.717) is 5.41 Å². The van der Waals surface area contributed by atoms with Gasteiger partial charge in [-0.15, -0.1) is 0 Å². The summed E-state index contributed by atoms with van der Waals surface area (Å²) in [5.74, 6) is 0. The highest BCUT2D eigenvalue weighted by Crippen LogP contribution is 2.34. The third-order valence-corrected chi connectivity index (χ3v) is 3.97. The van der Waals surface area contributed by atoms with Crippen LogP contribution in [0, 0.1) is 5.41 Å². The van der Waals surface area contributed by atoms with E-state index in [4.69, 9.17) is 9.47 Å². The summed E-state index contributed by atoms with van der Waals surface area (Å²) in [6, 6.07) is 0. The number of nitrogens with one attached hydrogen (secondary N) is 1. The summed E-state index contributed by atoms with van der Waals surface area (Å²) in [6.45, 7) is 13.6. The van der Waals surface area contributed by atoms with E-state index in [9.17, 15) is 0 Å². The van der Waals surface area contributed by atoms with Crippen molar-refractivity contribution in [2.45, 2.75) is 65.3 Å². The third-order valence-electron chi connectivity index (χ3n) is 3.97. The van der Waals surface area contributed by atoms with E-state index in [-0.39, 0.29) is 5.54 Å². The molecular weight excluding hydrogens is 238 g/mol. The zero-order valence-corrected chi connectivity index (χ0v) is 13.4. The second-order valence-corrected chi connectivity index (χ2v) is 6.93. The zero-order valence-electron chi connectivity index (χ0n) is 13.4. The van der Waals surface area contributed by atoms with Gasteiger partial charge in [0.1, 0.15) is 0 Å². The Morgan fingerprint density at radius 1 is 1.16 bits per heavy atom. The molecule has 0 aromatic heterocycles. The minimum atomic E-state index is 0.189. The molecule has 3 nitrogen and oxygen atoms in total. The quantitative estimate of drug-likeness (QED) is 0.687. The Balaban J connectivity index is 2.36. The van der Waals surface area contributed by atoms with Gasteiger partial charge in [0.25, 0.3) is 0 Å². The molecule has 0 saturated carbocycles. The lowest BCUT2D eigenvalue weighted by Crippen LogP contribution is -2.46. The first-order valence-corrected chi connectivity index (χ1v) is 7.88. The van der Waals surface area contributed by atoms with Crippen LogP contribution < -0.4 is 5.32 Å². The van der Waals surface area contributed by atoms with Gasteiger partial charge < -0.3 is 14.8 Å². The Bertz CT molecular complexity index is 229. The molecule has 0 spiro atoms. The monoisotopic (exact) mass is 271 g/mol. The zero-order chi connectivity index (χ0) is 14.2. The highest BCUT2D eigenvalue weighted by Gasteiger charge is 2.33. The molecule has 0 unspecified atom stereocenters. The van der Waals surface area contributed by atoms with Crippen LogP contribution in [0.15, 0.2) is 0 Å². The van der Waals surface area contributed by atoms with Crippen LogP contribution in [0.5, 0.6) is 0 Å². The predicted molar refractivity (Wildman–Crippen MR) is 80.6 cm³/mol. The van der Waals surface area contributed by atoms with Crippen LogP contribution in [0.3, 0.4) is 0 Å². The molecule has 1 rings (SSSR count). The smallest absolute Gasteiger partial charge is 0.0471 e. The Morgan fingerprint density at radius 3 is 2.42 bits per heavy atom. The Labute approximate surface area is 119 Å².